The van der Waals surface area contributed by atoms with Crippen LogP contribution >= 0.6 is 11.6 Å². The van der Waals surface area contributed by atoms with Crippen molar-refractivity contribution in [3.05, 3.63) is 29.2 Å². The van der Waals surface area contributed by atoms with Crippen LogP contribution in [0.2, 0.25) is 0 Å². The number of nitrogens with zero attached hydrogens (tertiary/aromatic N) is 3. The molecule has 0 spiro atoms. The zero-order valence-electron chi connectivity index (χ0n) is 12.6. The van der Waals surface area contributed by atoms with Gasteiger partial charge in [0.1, 0.15) is 5.69 Å². The molecule has 1 N–H and O–H groups in total. The number of carbonyl (C=O) groups excluding carboxylic acids is 2. The largest absolute Gasteiger partial charge is 0.351 e. The van der Waals surface area contributed by atoms with Crippen LogP contribution in [0.25, 0.3) is 5.65 Å². The third-order valence-corrected chi connectivity index (χ3v) is 3.95. The summed E-state index contributed by atoms with van der Waals surface area (Å²) in [6.45, 7) is 0.244. The van der Waals surface area contributed by atoms with Gasteiger partial charge in [-0.2, -0.15) is 5.10 Å². The monoisotopic (exact) mass is 356 g/mol. The van der Waals surface area contributed by atoms with Crippen LogP contribution in [-0.4, -0.2) is 32.3 Å². The van der Waals surface area contributed by atoms with Gasteiger partial charge < -0.3 is 5.32 Å². The lowest BCUT2D eigenvalue weighted by atomic mass is 10.2. The maximum atomic E-state index is 13.3. The lowest BCUT2D eigenvalue weighted by molar-refractivity contribution is -0.111. The second kappa shape index (κ2) is 6.80. The molecule has 2 aromatic rings. The molecule has 1 amide bonds. The third kappa shape index (κ3) is 3.69. The standard InChI is InChI=1S/C15H15ClF2N4O2/c16-12(23)2-1-5-19-15(24)10-7-13-20-9(8-3-4-8)6-11(14(17)18)22(13)21-10/h6-8,14H,1-5H2,(H,19,24). The minimum Gasteiger partial charge on any atom is -0.351 e. The number of aromatic nitrogens is 3. The molecule has 0 bridgehead atoms. The van der Waals surface area contributed by atoms with Gasteiger partial charge in [0.05, 0.1) is 0 Å². The number of halogens is 3. The Hall–Kier alpha value is -2.09. The first-order chi connectivity index (χ1) is 11.5. The van der Waals surface area contributed by atoms with Crippen LogP contribution in [0.5, 0.6) is 0 Å². The SMILES string of the molecule is O=C(Cl)CCCNC(=O)c1cc2nc(C3CC3)cc(C(F)F)n2n1. The first-order valence-corrected chi connectivity index (χ1v) is 7.99. The van der Waals surface area contributed by atoms with Gasteiger partial charge in [-0.15, -0.1) is 0 Å². The first-order valence-electron chi connectivity index (χ1n) is 7.61. The topological polar surface area (TPSA) is 76.4 Å². The number of amides is 1. The molecule has 2 heterocycles. The summed E-state index contributed by atoms with van der Waals surface area (Å²) in [5.41, 5.74) is 0.587. The smallest absolute Gasteiger partial charge is 0.280 e. The molecule has 3 rings (SSSR count). The summed E-state index contributed by atoms with van der Waals surface area (Å²) in [6.07, 6.45) is -0.291. The molecule has 1 aliphatic carbocycles. The number of hydrogen-bond donors (Lipinski definition) is 1. The highest BCUT2D eigenvalue weighted by Crippen LogP contribution is 2.40. The van der Waals surface area contributed by atoms with Gasteiger partial charge in [-0.25, -0.2) is 18.3 Å². The van der Waals surface area contributed by atoms with E-state index >= 15 is 0 Å². The van der Waals surface area contributed by atoms with Crippen LogP contribution in [0.4, 0.5) is 8.78 Å². The van der Waals surface area contributed by atoms with E-state index in [1.54, 1.807) is 0 Å². The molecular weight excluding hydrogens is 342 g/mol. The second-order valence-corrected chi connectivity index (χ2v) is 6.12. The van der Waals surface area contributed by atoms with E-state index in [2.05, 4.69) is 15.4 Å². The Kier molecular flexibility index (Phi) is 4.75. The number of alkyl halides is 2. The normalized spacial score (nSPS) is 14.3. The van der Waals surface area contributed by atoms with Gasteiger partial charge in [0.25, 0.3) is 12.3 Å². The van der Waals surface area contributed by atoms with Gasteiger partial charge in [-0.1, -0.05) is 0 Å². The van der Waals surface area contributed by atoms with Crippen molar-refractivity contribution in [2.24, 2.45) is 0 Å². The Labute approximate surface area is 141 Å². The zero-order valence-corrected chi connectivity index (χ0v) is 13.4. The summed E-state index contributed by atoms with van der Waals surface area (Å²) in [7, 11) is 0. The minimum atomic E-state index is -2.71. The molecule has 0 atom stereocenters. The van der Waals surface area contributed by atoms with E-state index in [-0.39, 0.29) is 35.9 Å². The molecule has 0 radical (unpaired) electrons. The van der Waals surface area contributed by atoms with Crippen molar-refractivity contribution < 1.29 is 18.4 Å². The maximum absolute atomic E-state index is 13.3. The van der Waals surface area contributed by atoms with Crippen LogP contribution in [0.15, 0.2) is 12.1 Å². The summed E-state index contributed by atoms with van der Waals surface area (Å²) < 4.78 is 27.5. The number of carbonyl (C=O) groups is 2. The van der Waals surface area contributed by atoms with Crippen LogP contribution < -0.4 is 5.32 Å². The number of fused-ring (bicyclic) bond motifs is 1. The molecule has 2 aromatic heterocycles. The molecule has 1 fully saturated rings. The van der Waals surface area contributed by atoms with E-state index in [1.807, 2.05) is 0 Å². The summed E-state index contributed by atoms with van der Waals surface area (Å²) in [4.78, 5) is 27.0. The van der Waals surface area contributed by atoms with Crippen molar-refractivity contribution >= 4 is 28.4 Å². The van der Waals surface area contributed by atoms with Crippen molar-refractivity contribution in [2.75, 3.05) is 6.54 Å². The number of rotatable bonds is 7. The highest BCUT2D eigenvalue weighted by molar-refractivity contribution is 6.63. The lowest BCUT2D eigenvalue weighted by Crippen LogP contribution is -2.25. The summed E-state index contributed by atoms with van der Waals surface area (Å²) in [5.74, 6) is -0.288. The molecule has 1 aliphatic rings. The van der Waals surface area contributed by atoms with E-state index in [0.29, 0.717) is 12.1 Å². The zero-order chi connectivity index (χ0) is 17.3. The average molecular weight is 357 g/mol. The lowest BCUT2D eigenvalue weighted by Gasteiger charge is -2.06. The van der Waals surface area contributed by atoms with Gasteiger partial charge in [0.15, 0.2) is 11.3 Å². The van der Waals surface area contributed by atoms with E-state index in [4.69, 9.17) is 11.6 Å². The predicted octanol–water partition coefficient (Wildman–Crippen LogP) is 2.82. The van der Waals surface area contributed by atoms with Crippen LogP contribution in [0.1, 0.15) is 59.9 Å². The molecular formula is C15H15ClF2N4O2. The van der Waals surface area contributed by atoms with Gasteiger partial charge >= 0.3 is 0 Å². The molecule has 0 aromatic carbocycles. The molecule has 128 valence electrons. The van der Waals surface area contributed by atoms with Gasteiger partial charge in [-0.05, 0) is 36.9 Å². The Morgan fingerprint density at radius 1 is 1.38 bits per heavy atom. The number of hydrogen-bond acceptors (Lipinski definition) is 4. The number of nitrogens with one attached hydrogen (secondary N) is 1. The van der Waals surface area contributed by atoms with E-state index < -0.39 is 17.6 Å². The molecule has 24 heavy (non-hydrogen) atoms. The minimum absolute atomic E-state index is 0.00884. The van der Waals surface area contributed by atoms with Crippen LogP contribution in [-0.2, 0) is 4.79 Å². The highest BCUT2D eigenvalue weighted by atomic mass is 35.5. The Balaban J connectivity index is 1.80. The molecule has 0 saturated heterocycles. The predicted molar refractivity (Wildman–Crippen MR) is 82.3 cm³/mol. The van der Waals surface area contributed by atoms with E-state index in [1.165, 1.54) is 12.1 Å². The van der Waals surface area contributed by atoms with Crippen molar-refractivity contribution in [1.82, 2.24) is 19.9 Å². The first kappa shape index (κ1) is 16.8. The van der Waals surface area contributed by atoms with Crippen LogP contribution in [0, 0.1) is 0 Å². The second-order valence-electron chi connectivity index (χ2n) is 5.69. The Morgan fingerprint density at radius 2 is 2.12 bits per heavy atom. The molecule has 0 unspecified atom stereocenters. The van der Waals surface area contributed by atoms with Crippen molar-refractivity contribution in [1.29, 1.82) is 0 Å². The van der Waals surface area contributed by atoms with Gasteiger partial charge in [0.2, 0.25) is 5.24 Å². The molecule has 9 heteroatoms. The van der Waals surface area contributed by atoms with Gasteiger partial charge in [-0.3, -0.25) is 9.59 Å². The van der Waals surface area contributed by atoms with Crippen LogP contribution in [0.3, 0.4) is 0 Å². The maximum Gasteiger partial charge on any atom is 0.280 e. The highest BCUT2D eigenvalue weighted by Gasteiger charge is 2.28. The molecule has 1 saturated carbocycles. The summed E-state index contributed by atoms with van der Waals surface area (Å²) in [6, 6.07) is 2.75. The quantitative estimate of drug-likeness (QED) is 0.611. The fraction of sp³-hybridized carbons (Fsp3) is 0.467. The van der Waals surface area contributed by atoms with E-state index in [0.717, 1.165) is 17.4 Å². The Bertz CT molecular complexity index is 789. The summed E-state index contributed by atoms with van der Waals surface area (Å²) in [5, 5.41) is 6.03. The fourth-order valence-electron chi connectivity index (χ4n) is 2.39. The average Bonchev–Trinajstić information content (AvgIpc) is 3.28. The molecule has 0 aliphatic heterocycles. The Morgan fingerprint density at radius 3 is 2.75 bits per heavy atom. The van der Waals surface area contributed by atoms with E-state index in [9.17, 15) is 18.4 Å². The van der Waals surface area contributed by atoms with Gasteiger partial charge in [0, 0.05) is 30.6 Å². The fourth-order valence-corrected chi connectivity index (χ4v) is 2.53. The summed E-state index contributed by atoms with van der Waals surface area (Å²) >= 11 is 5.21. The van der Waals surface area contributed by atoms with Crippen molar-refractivity contribution in [3.63, 3.8) is 0 Å². The third-order valence-electron chi connectivity index (χ3n) is 3.76. The van der Waals surface area contributed by atoms with Crippen molar-refractivity contribution in [2.45, 2.75) is 38.0 Å². The molecule has 6 nitrogen and oxygen atoms in total. The van der Waals surface area contributed by atoms with Crippen molar-refractivity contribution in [3.8, 4) is 0 Å².